The normalized spacial score (nSPS) is 10.6. The molecule has 0 fully saturated rings. The van der Waals surface area contributed by atoms with Gasteiger partial charge in [-0.2, -0.15) is 0 Å². The van der Waals surface area contributed by atoms with E-state index in [1.165, 1.54) is 4.90 Å². The smallest absolute Gasteiger partial charge is 0.243 e. The predicted octanol–water partition coefficient (Wildman–Crippen LogP) is 0.284. The lowest BCUT2D eigenvalue weighted by Crippen LogP contribution is -2.39. The van der Waals surface area contributed by atoms with Gasteiger partial charge in [-0.15, -0.1) is 24.0 Å². The zero-order valence-electron chi connectivity index (χ0n) is 11.7. The molecule has 18 heavy (non-hydrogen) atoms. The van der Waals surface area contributed by atoms with Crippen LogP contribution >= 0.6 is 24.0 Å². The number of aliphatic imine (C=N–C) groups is 1. The molecule has 0 saturated carbocycles. The maximum Gasteiger partial charge on any atom is 0.243 e. The van der Waals surface area contributed by atoms with Gasteiger partial charge in [0, 0.05) is 40.9 Å². The maximum absolute atomic E-state index is 11.4. The van der Waals surface area contributed by atoms with Gasteiger partial charge in [0.15, 0.2) is 5.96 Å². The average molecular weight is 372 g/mol. The summed E-state index contributed by atoms with van der Waals surface area (Å²) in [6, 6.07) is 0. The summed E-state index contributed by atoms with van der Waals surface area (Å²) in [6.45, 7) is 4.40. The van der Waals surface area contributed by atoms with Crippen molar-refractivity contribution >= 4 is 35.8 Å². The van der Waals surface area contributed by atoms with Crippen molar-refractivity contribution in [2.45, 2.75) is 13.3 Å². The first kappa shape index (κ1) is 19.8. The van der Waals surface area contributed by atoms with Crippen LogP contribution in [-0.2, 0) is 9.53 Å². The van der Waals surface area contributed by atoms with Crippen LogP contribution in [0.1, 0.15) is 13.3 Å². The number of nitrogens with one attached hydrogen (secondary N) is 2. The summed E-state index contributed by atoms with van der Waals surface area (Å²) in [5.41, 5.74) is 0. The van der Waals surface area contributed by atoms with Gasteiger partial charge in [0.25, 0.3) is 0 Å². The topological polar surface area (TPSA) is 66.0 Å². The van der Waals surface area contributed by atoms with E-state index in [1.54, 1.807) is 21.2 Å². The van der Waals surface area contributed by atoms with E-state index in [0.29, 0.717) is 12.6 Å². The number of carbonyl (C=O) groups is 1. The van der Waals surface area contributed by atoms with Gasteiger partial charge in [-0.1, -0.05) is 0 Å². The molecule has 0 atom stereocenters. The summed E-state index contributed by atoms with van der Waals surface area (Å²) >= 11 is 0. The van der Waals surface area contributed by atoms with Crippen LogP contribution in [0.3, 0.4) is 0 Å². The van der Waals surface area contributed by atoms with E-state index in [0.717, 1.165) is 19.5 Å². The zero-order valence-corrected chi connectivity index (χ0v) is 14.0. The van der Waals surface area contributed by atoms with Gasteiger partial charge in [0.2, 0.25) is 5.91 Å². The van der Waals surface area contributed by atoms with Crippen LogP contribution in [0.5, 0.6) is 0 Å². The molecular formula is C11H25IN4O2. The largest absolute Gasteiger partial charge is 0.385 e. The standard InChI is InChI=1S/C11H24N4O2.HI/c1-5-12-11(13-7-6-8-17-4)14-9-10(16)15(2)3;/h5-9H2,1-4H3,(H2,12,13,14);1H. The molecule has 0 heterocycles. The molecule has 0 aromatic rings. The lowest BCUT2D eigenvalue weighted by molar-refractivity contribution is -0.127. The van der Waals surface area contributed by atoms with E-state index >= 15 is 0 Å². The fourth-order valence-electron chi connectivity index (χ4n) is 1.05. The second kappa shape index (κ2) is 12.9. The molecule has 2 N–H and O–H groups in total. The predicted molar refractivity (Wildman–Crippen MR) is 84.6 cm³/mol. The number of nitrogens with zero attached hydrogens (tertiary/aromatic N) is 2. The molecular weight excluding hydrogens is 347 g/mol. The Bertz CT molecular complexity index is 247. The zero-order chi connectivity index (χ0) is 13.1. The number of ether oxygens (including phenoxy) is 1. The number of carbonyl (C=O) groups excluding carboxylic acids is 1. The molecule has 0 bridgehead atoms. The number of likely N-dealkylation sites (N-methyl/N-ethyl adjacent to an activating group) is 1. The van der Waals surface area contributed by atoms with Crippen LogP contribution in [0.4, 0.5) is 0 Å². The first-order chi connectivity index (χ1) is 8.11. The molecule has 0 radical (unpaired) electrons. The summed E-state index contributed by atoms with van der Waals surface area (Å²) in [7, 11) is 5.11. The molecule has 6 nitrogen and oxygen atoms in total. The second-order valence-electron chi connectivity index (χ2n) is 3.76. The number of methoxy groups -OCH3 is 1. The van der Waals surface area contributed by atoms with Gasteiger partial charge >= 0.3 is 0 Å². The van der Waals surface area contributed by atoms with Crippen molar-refractivity contribution < 1.29 is 9.53 Å². The van der Waals surface area contributed by atoms with Crippen molar-refractivity contribution in [1.82, 2.24) is 15.5 Å². The summed E-state index contributed by atoms with van der Waals surface area (Å²) in [5, 5.41) is 6.22. The minimum Gasteiger partial charge on any atom is -0.385 e. The molecule has 0 aromatic carbocycles. The van der Waals surface area contributed by atoms with E-state index < -0.39 is 0 Å². The Balaban J connectivity index is 0. The molecule has 0 aliphatic rings. The van der Waals surface area contributed by atoms with E-state index in [4.69, 9.17) is 4.74 Å². The van der Waals surface area contributed by atoms with Crippen LogP contribution in [-0.4, -0.2) is 64.2 Å². The SMILES string of the molecule is CCNC(=NCC(=O)N(C)C)NCCCOC.I. The van der Waals surface area contributed by atoms with E-state index in [9.17, 15) is 4.79 Å². The summed E-state index contributed by atoms with van der Waals surface area (Å²) in [4.78, 5) is 17.1. The van der Waals surface area contributed by atoms with Crippen molar-refractivity contribution in [3.8, 4) is 0 Å². The number of guanidine groups is 1. The Kier molecular flexibility index (Phi) is 14.1. The van der Waals surface area contributed by atoms with Crippen molar-refractivity contribution in [3.63, 3.8) is 0 Å². The summed E-state index contributed by atoms with van der Waals surface area (Å²) in [6.07, 6.45) is 0.905. The lowest BCUT2D eigenvalue weighted by Gasteiger charge is -2.12. The van der Waals surface area contributed by atoms with Crippen molar-refractivity contribution in [3.05, 3.63) is 0 Å². The van der Waals surface area contributed by atoms with Gasteiger partial charge in [-0.05, 0) is 13.3 Å². The molecule has 1 amide bonds. The highest BCUT2D eigenvalue weighted by Gasteiger charge is 2.03. The van der Waals surface area contributed by atoms with Crippen LogP contribution in [0.25, 0.3) is 0 Å². The number of halogens is 1. The van der Waals surface area contributed by atoms with Crippen molar-refractivity contribution in [2.24, 2.45) is 4.99 Å². The average Bonchev–Trinajstić information content (AvgIpc) is 2.30. The number of hydrogen-bond acceptors (Lipinski definition) is 3. The minimum atomic E-state index is -0.0147. The third-order valence-corrected chi connectivity index (χ3v) is 2.03. The molecule has 0 rings (SSSR count). The van der Waals surface area contributed by atoms with E-state index in [1.807, 2.05) is 6.92 Å². The van der Waals surface area contributed by atoms with Crippen LogP contribution in [0.15, 0.2) is 4.99 Å². The molecule has 0 aliphatic heterocycles. The minimum absolute atomic E-state index is 0. The van der Waals surface area contributed by atoms with E-state index in [2.05, 4.69) is 15.6 Å². The van der Waals surface area contributed by atoms with Gasteiger partial charge < -0.3 is 20.3 Å². The fourth-order valence-corrected chi connectivity index (χ4v) is 1.05. The first-order valence-corrected chi connectivity index (χ1v) is 5.83. The molecule has 0 spiro atoms. The number of amides is 1. The van der Waals surface area contributed by atoms with Gasteiger partial charge in [0.05, 0.1) is 0 Å². The van der Waals surface area contributed by atoms with Crippen LogP contribution in [0, 0.1) is 0 Å². The number of rotatable bonds is 7. The first-order valence-electron chi connectivity index (χ1n) is 5.83. The van der Waals surface area contributed by atoms with Gasteiger partial charge in [-0.3, -0.25) is 4.79 Å². The molecule has 108 valence electrons. The fraction of sp³-hybridized carbons (Fsp3) is 0.818. The Morgan fingerprint density at radius 3 is 2.50 bits per heavy atom. The third kappa shape index (κ3) is 10.6. The molecule has 0 aromatic heterocycles. The summed E-state index contributed by atoms with van der Waals surface area (Å²) < 4.78 is 4.95. The van der Waals surface area contributed by atoms with Crippen LogP contribution in [0.2, 0.25) is 0 Å². The van der Waals surface area contributed by atoms with Gasteiger partial charge in [-0.25, -0.2) is 4.99 Å². The van der Waals surface area contributed by atoms with Gasteiger partial charge in [0.1, 0.15) is 6.54 Å². The lowest BCUT2D eigenvalue weighted by atomic mass is 10.4. The monoisotopic (exact) mass is 372 g/mol. The highest BCUT2D eigenvalue weighted by atomic mass is 127. The highest BCUT2D eigenvalue weighted by molar-refractivity contribution is 14.0. The molecule has 0 saturated heterocycles. The van der Waals surface area contributed by atoms with E-state index in [-0.39, 0.29) is 36.4 Å². The Labute approximate surface area is 127 Å². The Hall–Kier alpha value is -0.570. The van der Waals surface area contributed by atoms with Crippen molar-refractivity contribution in [1.29, 1.82) is 0 Å². The molecule has 7 heteroatoms. The Morgan fingerprint density at radius 2 is 2.00 bits per heavy atom. The summed E-state index contributed by atoms with van der Waals surface area (Å²) in [5.74, 6) is 0.651. The Morgan fingerprint density at radius 1 is 1.33 bits per heavy atom. The number of hydrogen-bond donors (Lipinski definition) is 2. The third-order valence-electron chi connectivity index (χ3n) is 2.03. The molecule has 0 aliphatic carbocycles. The molecule has 0 unspecified atom stereocenters. The second-order valence-corrected chi connectivity index (χ2v) is 3.76. The maximum atomic E-state index is 11.4. The van der Waals surface area contributed by atoms with Crippen LogP contribution < -0.4 is 10.6 Å². The van der Waals surface area contributed by atoms with Crippen molar-refractivity contribution in [2.75, 3.05) is 47.4 Å². The quantitative estimate of drug-likeness (QED) is 0.292. The highest BCUT2D eigenvalue weighted by Crippen LogP contribution is 1.82.